The van der Waals surface area contributed by atoms with Crippen molar-refractivity contribution in [2.75, 3.05) is 5.32 Å². The lowest BCUT2D eigenvalue weighted by atomic mass is 10.1. The Morgan fingerprint density at radius 1 is 1.26 bits per heavy atom. The minimum Gasteiger partial charge on any atom is -0.389 e. The Hall–Kier alpha value is -1.55. The third kappa shape index (κ3) is 5.75. The fourth-order valence-electron chi connectivity index (χ4n) is 2.03. The highest BCUT2D eigenvalue weighted by atomic mass is 16.3. The maximum Gasteiger partial charge on any atom is 0.319 e. The van der Waals surface area contributed by atoms with Crippen molar-refractivity contribution in [3.63, 3.8) is 0 Å². The highest BCUT2D eigenvalue weighted by Gasteiger charge is 2.09. The summed E-state index contributed by atoms with van der Waals surface area (Å²) in [5.74, 6) is 0.550. The highest BCUT2D eigenvalue weighted by molar-refractivity contribution is 5.89. The molecule has 0 saturated carbocycles. The van der Waals surface area contributed by atoms with Crippen LogP contribution in [0.15, 0.2) is 24.3 Å². The molecule has 0 fully saturated rings. The standard InChI is InChI=1S/C15H24N2O2/c1-10(2)8-11(3)16-15(19)17-14-7-5-6-13(9-14)12(4)18/h5-7,9-12,18H,8H2,1-4H3,(H2,16,17,19). The number of benzene rings is 1. The molecule has 0 aliphatic heterocycles. The van der Waals surface area contributed by atoms with E-state index in [1.807, 2.05) is 19.1 Å². The Morgan fingerprint density at radius 3 is 2.53 bits per heavy atom. The van der Waals surface area contributed by atoms with Gasteiger partial charge in [0.2, 0.25) is 0 Å². The fourth-order valence-corrected chi connectivity index (χ4v) is 2.03. The van der Waals surface area contributed by atoms with Gasteiger partial charge in [0.25, 0.3) is 0 Å². The van der Waals surface area contributed by atoms with E-state index in [4.69, 9.17) is 0 Å². The van der Waals surface area contributed by atoms with Crippen molar-refractivity contribution in [2.45, 2.75) is 46.3 Å². The molecule has 0 aliphatic rings. The summed E-state index contributed by atoms with van der Waals surface area (Å²) in [4.78, 5) is 11.8. The molecule has 106 valence electrons. The molecule has 0 bridgehead atoms. The van der Waals surface area contributed by atoms with E-state index in [9.17, 15) is 9.90 Å². The number of nitrogens with one attached hydrogen (secondary N) is 2. The van der Waals surface area contributed by atoms with Crippen LogP contribution in [0.5, 0.6) is 0 Å². The molecule has 0 aliphatic carbocycles. The summed E-state index contributed by atoms with van der Waals surface area (Å²) in [6.45, 7) is 7.94. The first-order valence-corrected chi connectivity index (χ1v) is 6.74. The first-order chi connectivity index (χ1) is 8.88. The Kier molecular flexibility index (Phi) is 5.83. The van der Waals surface area contributed by atoms with Gasteiger partial charge in [-0.2, -0.15) is 0 Å². The van der Waals surface area contributed by atoms with E-state index in [1.54, 1.807) is 19.1 Å². The van der Waals surface area contributed by atoms with Crippen LogP contribution in [0.3, 0.4) is 0 Å². The lowest BCUT2D eigenvalue weighted by Gasteiger charge is -2.16. The van der Waals surface area contributed by atoms with Crippen LogP contribution in [0, 0.1) is 5.92 Å². The average molecular weight is 264 g/mol. The quantitative estimate of drug-likeness (QED) is 0.764. The van der Waals surface area contributed by atoms with Crippen LogP contribution in [-0.2, 0) is 0 Å². The Labute approximate surface area is 115 Å². The molecule has 2 amide bonds. The first kappa shape index (κ1) is 15.5. The van der Waals surface area contributed by atoms with Crippen molar-refractivity contribution >= 4 is 11.7 Å². The van der Waals surface area contributed by atoms with Gasteiger partial charge in [0, 0.05) is 11.7 Å². The van der Waals surface area contributed by atoms with Gasteiger partial charge in [0.1, 0.15) is 0 Å². The molecule has 2 unspecified atom stereocenters. The molecular formula is C15H24N2O2. The molecule has 19 heavy (non-hydrogen) atoms. The summed E-state index contributed by atoms with van der Waals surface area (Å²) in [6.07, 6.45) is 0.408. The first-order valence-electron chi connectivity index (χ1n) is 6.74. The van der Waals surface area contributed by atoms with Crippen LogP contribution in [0.2, 0.25) is 0 Å². The molecule has 1 aromatic rings. The number of rotatable bonds is 5. The molecule has 2 atom stereocenters. The normalized spacial score (nSPS) is 14.0. The zero-order valence-corrected chi connectivity index (χ0v) is 12.1. The maximum atomic E-state index is 11.8. The van der Waals surface area contributed by atoms with Crippen LogP contribution in [0.4, 0.5) is 10.5 Å². The average Bonchev–Trinajstić information content (AvgIpc) is 2.27. The van der Waals surface area contributed by atoms with Gasteiger partial charge in [0.05, 0.1) is 6.10 Å². The van der Waals surface area contributed by atoms with Gasteiger partial charge in [-0.15, -0.1) is 0 Å². The van der Waals surface area contributed by atoms with E-state index in [1.165, 1.54) is 0 Å². The molecular weight excluding hydrogens is 240 g/mol. The number of urea groups is 1. The number of amides is 2. The molecule has 1 rings (SSSR count). The van der Waals surface area contributed by atoms with Gasteiger partial charge in [-0.05, 0) is 43.9 Å². The van der Waals surface area contributed by atoms with E-state index in [0.29, 0.717) is 11.6 Å². The number of hydrogen-bond donors (Lipinski definition) is 3. The summed E-state index contributed by atoms with van der Waals surface area (Å²) in [6, 6.07) is 7.15. The van der Waals surface area contributed by atoms with Crippen LogP contribution >= 0.6 is 0 Å². The lowest BCUT2D eigenvalue weighted by molar-refractivity contribution is 0.199. The van der Waals surface area contributed by atoms with Crippen LogP contribution in [0.1, 0.15) is 45.8 Å². The molecule has 3 N–H and O–H groups in total. The van der Waals surface area contributed by atoms with Gasteiger partial charge in [0.15, 0.2) is 0 Å². The van der Waals surface area contributed by atoms with Crippen LogP contribution < -0.4 is 10.6 Å². The van der Waals surface area contributed by atoms with E-state index >= 15 is 0 Å². The van der Waals surface area contributed by atoms with Crippen molar-refractivity contribution in [1.82, 2.24) is 5.32 Å². The lowest BCUT2D eigenvalue weighted by Crippen LogP contribution is -2.36. The van der Waals surface area contributed by atoms with Gasteiger partial charge in [-0.1, -0.05) is 26.0 Å². The second-order valence-electron chi connectivity index (χ2n) is 5.43. The zero-order valence-electron chi connectivity index (χ0n) is 12.1. The largest absolute Gasteiger partial charge is 0.389 e. The van der Waals surface area contributed by atoms with Gasteiger partial charge in [-0.3, -0.25) is 0 Å². The molecule has 0 saturated heterocycles. The number of carbonyl (C=O) groups excluding carboxylic acids is 1. The monoisotopic (exact) mass is 264 g/mol. The highest BCUT2D eigenvalue weighted by Crippen LogP contribution is 2.16. The van der Waals surface area contributed by atoms with Crippen molar-refractivity contribution in [2.24, 2.45) is 5.92 Å². The van der Waals surface area contributed by atoms with Gasteiger partial charge in [-0.25, -0.2) is 4.79 Å². The SMILES string of the molecule is CC(C)CC(C)NC(=O)Nc1cccc(C(C)O)c1. The third-order valence-corrected chi connectivity index (χ3v) is 2.83. The third-order valence-electron chi connectivity index (χ3n) is 2.83. The molecule has 0 radical (unpaired) electrons. The number of anilines is 1. The summed E-state index contributed by atoms with van der Waals surface area (Å²) in [7, 11) is 0. The number of carbonyl (C=O) groups is 1. The summed E-state index contributed by atoms with van der Waals surface area (Å²) in [5, 5.41) is 15.2. The molecule has 0 spiro atoms. The van der Waals surface area contributed by atoms with Crippen molar-refractivity contribution in [3.05, 3.63) is 29.8 Å². The van der Waals surface area contributed by atoms with Gasteiger partial charge >= 0.3 is 6.03 Å². The number of hydrogen-bond acceptors (Lipinski definition) is 2. The fraction of sp³-hybridized carbons (Fsp3) is 0.533. The van der Waals surface area contributed by atoms with E-state index in [-0.39, 0.29) is 12.1 Å². The second-order valence-corrected chi connectivity index (χ2v) is 5.43. The summed E-state index contributed by atoms with van der Waals surface area (Å²) < 4.78 is 0. The molecule has 1 aromatic carbocycles. The predicted octanol–water partition coefficient (Wildman–Crippen LogP) is 3.30. The zero-order chi connectivity index (χ0) is 14.4. The van der Waals surface area contributed by atoms with Crippen molar-refractivity contribution < 1.29 is 9.90 Å². The summed E-state index contributed by atoms with van der Waals surface area (Å²) in [5.41, 5.74) is 1.47. The van der Waals surface area contributed by atoms with E-state index in [2.05, 4.69) is 24.5 Å². The minimum atomic E-state index is -0.537. The number of aliphatic hydroxyl groups is 1. The van der Waals surface area contributed by atoms with Gasteiger partial charge < -0.3 is 15.7 Å². The maximum absolute atomic E-state index is 11.8. The molecule has 4 nitrogen and oxygen atoms in total. The van der Waals surface area contributed by atoms with E-state index < -0.39 is 6.10 Å². The smallest absolute Gasteiger partial charge is 0.319 e. The minimum absolute atomic E-state index is 0.139. The molecule has 0 aromatic heterocycles. The molecule has 4 heteroatoms. The van der Waals surface area contributed by atoms with Crippen molar-refractivity contribution in [3.8, 4) is 0 Å². The van der Waals surface area contributed by atoms with E-state index in [0.717, 1.165) is 12.0 Å². The Bertz CT molecular complexity index is 416. The predicted molar refractivity (Wildman–Crippen MR) is 78.1 cm³/mol. The Morgan fingerprint density at radius 2 is 1.95 bits per heavy atom. The Balaban J connectivity index is 2.54. The van der Waals surface area contributed by atoms with Crippen molar-refractivity contribution in [1.29, 1.82) is 0 Å². The second kappa shape index (κ2) is 7.14. The van der Waals surface area contributed by atoms with Crippen LogP contribution in [-0.4, -0.2) is 17.2 Å². The molecule has 0 heterocycles. The topological polar surface area (TPSA) is 61.4 Å². The summed E-state index contributed by atoms with van der Waals surface area (Å²) >= 11 is 0. The number of aliphatic hydroxyl groups excluding tert-OH is 1. The van der Waals surface area contributed by atoms with Crippen LogP contribution in [0.25, 0.3) is 0 Å².